The van der Waals surface area contributed by atoms with E-state index in [1.165, 1.54) is 16.9 Å². The molecule has 0 bridgehead atoms. The van der Waals surface area contributed by atoms with Crippen LogP contribution in [0.2, 0.25) is 15.1 Å². The number of carbonyl (C=O) groups is 1. The van der Waals surface area contributed by atoms with Crippen molar-refractivity contribution in [1.29, 1.82) is 0 Å². The van der Waals surface area contributed by atoms with Crippen molar-refractivity contribution in [3.05, 3.63) is 74.2 Å². The summed E-state index contributed by atoms with van der Waals surface area (Å²) in [4.78, 5) is 17.1. The number of anilines is 1. The molecule has 184 valence electrons. The second-order valence-corrected chi connectivity index (χ2v) is 9.97. The Kier molecular flexibility index (Phi) is 6.50. The summed E-state index contributed by atoms with van der Waals surface area (Å²) >= 11 is 18.6. The summed E-state index contributed by atoms with van der Waals surface area (Å²) in [6.45, 7) is 5.40. The summed E-state index contributed by atoms with van der Waals surface area (Å²) in [5.41, 5.74) is -1.27. The largest absolute Gasteiger partial charge is 0.433 e. The van der Waals surface area contributed by atoms with Gasteiger partial charge in [-0.2, -0.15) is 23.4 Å². The molecule has 1 aromatic carbocycles. The summed E-state index contributed by atoms with van der Waals surface area (Å²) in [5.74, 6) is -0.805. The van der Waals surface area contributed by atoms with Crippen LogP contribution in [0.5, 0.6) is 0 Å². The van der Waals surface area contributed by atoms with Crippen LogP contribution in [0.4, 0.5) is 19.0 Å². The van der Waals surface area contributed by atoms with Gasteiger partial charge in [0, 0.05) is 33.3 Å². The highest BCUT2D eigenvalue weighted by atomic mass is 35.5. The van der Waals surface area contributed by atoms with Crippen LogP contribution in [0.1, 0.15) is 48.2 Å². The number of benzene rings is 1. The number of carbonyl (C=O) groups excluding carboxylic acids is 1. The van der Waals surface area contributed by atoms with E-state index in [1.54, 1.807) is 39.0 Å². The van der Waals surface area contributed by atoms with Gasteiger partial charge < -0.3 is 5.32 Å². The normalized spacial score (nSPS) is 12.4. The molecule has 13 heteroatoms. The fourth-order valence-corrected chi connectivity index (χ4v) is 3.97. The third-order valence-corrected chi connectivity index (χ3v) is 6.03. The lowest BCUT2D eigenvalue weighted by atomic mass is 9.91. The minimum atomic E-state index is -4.71. The number of nitrogens with one attached hydrogen (secondary N) is 1. The van der Waals surface area contributed by atoms with E-state index in [2.05, 4.69) is 20.5 Å². The van der Waals surface area contributed by atoms with E-state index in [0.717, 1.165) is 6.07 Å². The minimum absolute atomic E-state index is 0.00344. The molecule has 4 rings (SSSR count). The summed E-state index contributed by atoms with van der Waals surface area (Å²) in [7, 11) is 0. The maximum atomic E-state index is 13.7. The number of halogens is 6. The first kappa shape index (κ1) is 25.3. The van der Waals surface area contributed by atoms with Crippen LogP contribution in [0.15, 0.2) is 36.5 Å². The summed E-state index contributed by atoms with van der Waals surface area (Å²) in [6.07, 6.45) is -3.25. The molecule has 0 saturated heterocycles. The highest BCUT2D eigenvalue weighted by Crippen LogP contribution is 2.33. The molecule has 0 atom stereocenters. The average Bonchev–Trinajstić information content (AvgIpc) is 3.32. The number of hydrogen-bond donors (Lipinski definition) is 1. The second kappa shape index (κ2) is 9.00. The summed E-state index contributed by atoms with van der Waals surface area (Å²) < 4.78 is 43.1. The van der Waals surface area contributed by atoms with E-state index >= 15 is 0 Å². The number of alkyl halides is 3. The van der Waals surface area contributed by atoms with Gasteiger partial charge >= 0.3 is 6.18 Å². The molecule has 1 amide bonds. The number of amides is 1. The monoisotopic (exact) mass is 544 g/mol. The Labute approximate surface area is 212 Å². The first-order valence-corrected chi connectivity index (χ1v) is 11.3. The Morgan fingerprint density at radius 2 is 1.69 bits per heavy atom. The molecule has 0 aliphatic rings. The van der Waals surface area contributed by atoms with Crippen molar-refractivity contribution in [1.82, 2.24) is 24.4 Å². The van der Waals surface area contributed by atoms with Crippen molar-refractivity contribution in [2.45, 2.75) is 38.9 Å². The van der Waals surface area contributed by atoms with Gasteiger partial charge in [-0.05, 0) is 18.2 Å². The van der Waals surface area contributed by atoms with Crippen molar-refractivity contribution >= 4 is 52.2 Å². The van der Waals surface area contributed by atoms with E-state index in [9.17, 15) is 18.0 Å². The van der Waals surface area contributed by atoms with Gasteiger partial charge in [-0.3, -0.25) is 9.48 Å². The van der Waals surface area contributed by atoms with Crippen molar-refractivity contribution < 1.29 is 18.0 Å². The van der Waals surface area contributed by atoms with Gasteiger partial charge in [0.05, 0.1) is 12.2 Å². The predicted octanol–water partition coefficient (Wildman–Crippen LogP) is 6.50. The molecule has 0 aliphatic heterocycles. The molecule has 7 nitrogen and oxygen atoms in total. The van der Waals surface area contributed by atoms with E-state index in [0.29, 0.717) is 20.1 Å². The fourth-order valence-electron chi connectivity index (χ4n) is 3.25. The molecule has 4 aromatic rings. The van der Waals surface area contributed by atoms with Gasteiger partial charge in [-0.25, -0.2) is 9.50 Å². The quantitative estimate of drug-likeness (QED) is 0.317. The first-order valence-electron chi connectivity index (χ1n) is 10.2. The number of hydrogen-bond acceptors (Lipinski definition) is 4. The van der Waals surface area contributed by atoms with Crippen molar-refractivity contribution in [2.24, 2.45) is 0 Å². The topological polar surface area (TPSA) is 77.1 Å². The lowest BCUT2D eigenvalue weighted by Gasteiger charge is -2.19. The van der Waals surface area contributed by atoms with Crippen LogP contribution in [0.3, 0.4) is 0 Å². The van der Waals surface area contributed by atoms with Gasteiger partial charge in [0.1, 0.15) is 10.7 Å². The Morgan fingerprint density at radius 3 is 2.29 bits per heavy atom. The molecular formula is C22H18Cl3F3N6O. The third kappa shape index (κ3) is 5.24. The van der Waals surface area contributed by atoms with Gasteiger partial charge in [-0.1, -0.05) is 61.6 Å². The smallest absolute Gasteiger partial charge is 0.302 e. The highest BCUT2D eigenvalue weighted by Gasteiger charge is 2.36. The molecule has 1 N–H and O–H groups in total. The fraction of sp³-hybridized carbons (Fsp3) is 0.273. The highest BCUT2D eigenvalue weighted by molar-refractivity contribution is 6.36. The number of fused-ring (bicyclic) bond motifs is 1. The molecule has 0 unspecified atom stereocenters. The maximum Gasteiger partial charge on any atom is 0.433 e. The number of aromatic nitrogens is 5. The van der Waals surface area contributed by atoms with Crippen molar-refractivity contribution in [3.8, 4) is 0 Å². The molecule has 0 spiro atoms. The average molecular weight is 546 g/mol. The number of nitrogens with zero attached hydrogens (tertiary/aromatic N) is 5. The lowest BCUT2D eigenvalue weighted by molar-refractivity contribution is -0.142. The molecule has 3 heterocycles. The van der Waals surface area contributed by atoms with Crippen LogP contribution in [0, 0.1) is 0 Å². The van der Waals surface area contributed by atoms with Gasteiger partial charge in [0.25, 0.3) is 5.91 Å². The molecule has 0 fully saturated rings. The van der Waals surface area contributed by atoms with Gasteiger partial charge in [-0.15, -0.1) is 0 Å². The number of rotatable bonds is 4. The zero-order chi connectivity index (χ0) is 25.7. The first-order chi connectivity index (χ1) is 16.2. The third-order valence-electron chi connectivity index (χ3n) is 5.05. The van der Waals surface area contributed by atoms with E-state index in [1.807, 2.05) is 0 Å². The van der Waals surface area contributed by atoms with Crippen LogP contribution in [-0.2, 0) is 18.1 Å². The van der Waals surface area contributed by atoms with Crippen molar-refractivity contribution in [2.75, 3.05) is 5.32 Å². The summed E-state index contributed by atoms with van der Waals surface area (Å²) in [6, 6.07) is 7.16. The minimum Gasteiger partial charge on any atom is -0.302 e. The molecule has 0 saturated carbocycles. The van der Waals surface area contributed by atoms with Gasteiger partial charge in [0.2, 0.25) is 0 Å². The Bertz CT molecular complexity index is 1420. The van der Waals surface area contributed by atoms with Crippen LogP contribution in [-0.4, -0.2) is 30.3 Å². The molecular weight excluding hydrogens is 528 g/mol. The second-order valence-electron chi connectivity index (χ2n) is 8.75. The van der Waals surface area contributed by atoms with E-state index in [4.69, 9.17) is 34.8 Å². The van der Waals surface area contributed by atoms with Crippen LogP contribution < -0.4 is 5.32 Å². The zero-order valence-electron chi connectivity index (χ0n) is 18.6. The summed E-state index contributed by atoms with van der Waals surface area (Å²) in [5, 5.41) is 11.5. The maximum absolute atomic E-state index is 13.7. The van der Waals surface area contributed by atoms with Crippen LogP contribution >= 0.6 is 34.8 Å². The van der Waals surface area contributed by atoms with E-state index < -0.39 is 23.2 Å². The van der Waals surface area contributed by atoms with Gasteiger partial charge in [0.15, 0.2) is 17.2 Å². The SMILES string of the molecule is CC(C)(C)c1cc(C(F)(F)F)n2nc(C(=O)Nc3nn(Cc4c(Cl)cccc4Cl)cc3Cl)cc2n1. The Balaban J connectivity index is 1.64. The van der Waals surface area contributed by atoms with Crippen LogP contribution in [0.25, 0.3) is 5.65 Å². The molecule has 0 radical (unpaired) electrons. The Morgan fingerprint density at radius 1 is 1.03 bits per heavy atom. The molecule has 0 aliphatic carbocycles. The van der Waals surface area contributed by atoms with Crippen molar-refractivity contribution in [3.63, 3.8) is 0 Å². The zero-order valence-corrected chi connectivity index (χ0v) is 20.9. The van der Waals surface area contributed by atoms with E-state index in [-0.39, 0.29) is 34.4 Å². The molecule has 3 aromatic heterocycles. The standard InChI is InChI=1S/C22H18Cl3F3N6O/c1-21(2,3)16-8-17(22(26,27)28)34-18(29-16)7-15(31-34)20(35)30-19-14(25)10-33(32-19)9-11-12(23)5-4-6-13(11)24/h4-8,10H,9H2,1-3H3,(H,30,32,35). The predicted molar refractivity (Wildman–Crippen MR) is 127 cm³/mol. The molecule has 35 heavy (non-hydrogen) atoms. The lowest BCUT2D eigenvalue weighted by Crippen LogP contribution is -2.20. The Hall–Kier alpha value is -2.82.